The molecule has 21 heavy (non-hydrogen) atoms. The summed E-state index contributed by atoms with van der Waals surface area (Å²) in [5.41, 5.74) is 0. The zero-order valence-corrected chi connectivity index (χ0v) is 14.1. The van der Waals surface area contributed by atoms with Crippen LogP contribution in [0, 0.1) is 11.8 Å². The quantitative estimate of drug-likeness (QED) is 0.832. The van der Waals surface area contributed by atoms with Crippen molar-refractivity contribution in [3.63, 3.8) is 0 Å². The highest BCUT2D eigenvalue weighted by molar-refractivity contribution is 6.28. The Balaban J connectivity index is 2.12. The highest BCUT2D eigenvalue weighted by Crippen LogP contribution is 2.30. The number of ether oxygens (including phenoxy) is 1. The molecule has 0 N–H and O–H groups in total. The van der Waals surface area contributed by atoms with Crippen LogP contribution in [0.15, 0.2) is 0 Å². The van der Waals surface area contributed by atoms with E-state index in [9.17, 15) is 0 Å². The van der Waals surface area contributed by atoms with Crippen LogP contribution in [-0.4, -0.2) is 34.1 Å². The van der Waals surface area contributed by atoms with Crippen molar-refractivity contribution in [2.45, 2.75) is 53.1 Å². The molecule has 1 aromatic rings. The van der Waals surface area contributed by atoms with Crippen LogP contribution in [0.1, 0.15) is 47.0 Å². The third kappa shape index (κ3) is 4.43. The van der Waals surface area contributed by atoms with Crippen LogP contribution in [0.3, 0.4) is 0 Å². The third-order valence-electron chi connectivity index (χ3n) is 4.03. The Morgan fingerprint density at radius 3 is 2.24 bits per heavy atom. The molecule has 0 spiro atoms. The number of halogens is 1. The van der Waals surface area contributed by atoms with E-state index in [-0.39, 0.29) is 11.4 Å². The van der Waals surface area contributed by atoms with Crippen LogP contribution < -0.4 is 9.64 Å². The normalized spacial score (nSPS) is 25.7. The lowest BCUT2D eigenvalue weighted by atomic mass is 9.82. The second-order valence-corrected chi connectivity index (χ2v) is 6.35. The highest BCUT2D eigenvalue weighted by atomic mass is 35.5. The summed E-state index contributed by atoms with van der Waals surface area (Å²) in [6.45, 7) is 10.3. The molecule has 0 aromatic carbocycles. The summed E-state index contributed by atoms with van der Waals surface area (Å²) in [4.78, 5) is 14.8. The number of nitrogens with zero attached hydrogens (tertiary/aromatic N) is 4. The number of aromatic nitrogens is 3. The van der Waals surface area contributed by atoms with E-state index in [0.29, 0.717) is 23.8 Å². The maximum atomic E-state index is 6.01. The van der Waals surface area contributed by atoms with E-state index >= 15 is 0 Å². The molecule has 1 fully saturated rings. The van der Waals surface area contributed by atoms with E-state index in [2.05, 4.69) is 42.6 Å². The van der Waals surface area contributed by atoms with Crippen molar-refractivity contribution in [2.75, 3.05) is 18.0 Å². The lowest BCUT2D eigenvalue weighted by Gasteiger charge is -2.31. The number of rotatable bonds is 5. The maximum Gasteiger partial charge on any atom is 0.322 e. The molecule has 1 aliphatic rings. The standard InChI is InChI=1S/C15H25ClN4O/c1-5-20(6-2)14-17-13(16)18-15(19-14)21-12-8-10(3)7-11(4)9-12/h10-12H,5-9H2,1-4H3. The molecule has 2 rings (SSSR count). The molecule has 2 unspecified atom stereocenters. The molecule has 1 saturated carbocycles. The van der Waals surface area contributed by atoms with Gasteiger partial charge in [0.25, 0.3) is 0 Å². The minimum atomic E-state index is 0.173. The van der Waals surface area contributed by atoms with Gasteiger partial charge in [0.15, 0.2) is 0 Å². The Labute approximate surface area is 132 Å². The Morgan fingerprint density at radius 1 is 1.05 bits per heavy atom. The largest absolute Gasteiger partial charge is 0.460 e. The van der Waals surface area contributed by atoms with Crippen molar-refractivity contribution in [3.05, 3.63) is 5.28 Å². The molecule has 0 bridgehead atoms. The Hall–Kier alpha value is -1.10. The first kappa shape index (κ1) is 16.3. The van der Waals surface area contributed by atoms with Crippen molar-refractivity contribution in [2.24, 2.45) is 11.8 Å². The van der Waals surface area contributed by atoms with E-state index in [0.717, 1.165) is 25.9 Å². The monoisotopic (exact) mass is 312 g/mol. The van der Waals surface area contributed by atoms with E-state index in [1.807, 2.05) is 4.90 Å². The van der Waals surface area contributed by atoms with Crippen molar-refractivity contribution in [3.8, 4) is 6.01 Å². The summed E-state index contributed by atoms with van der Waals surface area (Å²) in [5.74, 6) is 1.95. The average Bonchev–Trinajstić information content (AvgIpc) is 2.38. The van der Waals surface area contributed by atoms with Crippen LogP contribution >= 0.6 is 11.6 Å². The zero-order chi connectivity index (χ0) is 15.4. The summed E-state index contributed by atoms with van der Waals surface area (Å²) < 4.78 is 5.98. The molecule has 2 atom stereocenters. The number of anilines is 1. The molecule has 0 saturated heterocycles. The van der Waals surface area contributed by atoms with Gasteiger partial charge in [0.05, 0.1) is 0 Å². The predicted octanol–water partition coefficient (Wildman–Crippen LogP) is 3.57. The fourth-order valence-electron chi connectivity index (χ4n) is 3.14. The minimum Gasteiger partial charge on any atom is -0.460 e. The van der Waals surface area contributed by atoms with Gasteiger partial charge < -0.3 is 9.64 Å². The highest BCUT2D eigenvalue weighted by Gasteiger charge is 2.26. The Bertz CT molecular complexity index is 457. The van der Waals surface area contributed by atoms with Crippen LogP contribution in [0.5, 0.6) is 6.01 Å². The molecule has 118 valence electrons. The van der Waals surface area contributed by atoms with Crippen LogP contribution in [-0.2, 0) is 0 Å². The molecular formula is C15H25ClN4O. The smallest absolute Gasteiger partial charge is 0.322 e. The van der Waals surface area contributed by atoms with Crippen molar-refractivity contribution < 1.29 is 4.74 Å². The fourth-order valence-corrected chi connectivity index (χ4v) is 3.29. The fraction of sp³-hybridized carbons (Fsp3) is 0.800. The topological polar surface area (TPSA) is 51.1 Å². The summed E-state index contributed by atoms with van der Waals surface area (Å²) >= 11 is 6.01. The molecule has 0 aliphatic heterocycles. The average molecular weight is 313 g/mol. The summed E-state index contributed by atoms with van der Waals surface area (Å²) in [7, 11) is 0. The van der Waals surface area contributed by atoms with Gasteiger partial charge in [-0.2, -0.15) is 15.0 Å². The second-order valence-electron chi connectivity index (χ2n) is 6.02. The van der Waals surface area contributed by atoms with E-state index < -0.39 is 0 Å². The predicted molar refractivity (Wildman–Crippen MR) is 85.0 cm³/mol. The van der Waals surface area contributed by atoms with Gasteiger partial charge in [-0.15, -0.1) is 0 Å². The van der Waals surface area contributed by atoms with Crippen molar-refractivity contribution >= 4 is 17.5 Å². The van der Waals surface area contributed by atoms with Gasteiger partial charge in [0.1, 0.15) is 6.10 Å². The van der Waals surface area contributed by atoms with Crippen LogP contribution in [0.4, 0.5) is 5.95 Å². The van der Waals surface area contributed by atoms with Gasteiger partial charge >= 0.3 is 6.01 Å². The van der Waals surface area contributed by atoms with Gasteiger partial charge in [-0.3, -0.25) is 0 Å². The maximum absolute atomic E-state index is 6.01. The minimum absolute atomic E-state index is 0.173. The summed E-state index contributed by atoms with van der Waals surface area (Å²) in [6.07, 6.45) is 3.54. The summed E-state index contributed by atoms with van der Waals surface area (Å²) in [6, 6.07) is 0.350. The van der Waals surface area contributed by atoms with Crippen LogP contribution in [0.25, 0.3) is 0 Å². The number of hydrogen-bond donors (Lipinski definition) is 0. The first-order chi connectivity index (χ1) is 10.0. The first-order valence-corrected chi connectivity index (χ1v) is 8.22. The zero-order valence-electron chi connectivity index (χ0n) is 13.3. The molecule has 0 amide bonds. The second kappa shape index (κ2) is 7.25. The molecule has 0 radical (unpaired) electrons. The third-order valence-corrected chi connectivity index (χ3v) is 4.20. The molecular weight excluding hydrogens is 288 g/mol. The van der Waals surface area contributed by atoms with Crippen molar-refractivity contribution in [1.82, 2.24) is 15.0 Å². The van der Waals surface area contributed by atoms with Gasteiger partial charge in [0, 0.05) is 13.1 Å². The Kier molecular flexibility index (Phi) is 5.62. The SMILES string of the molecule is CCN(CC)c1nc(Cl)nc(OC2CC(C)CC(C)C2)n1. The molecule has 1 aromatic heterocycles. The lowest BCUT2D eigenvalue weighted by Crippen LogP contribution is -2.30. The number of hydrogen-bond acceptors (Lipinski definition) is 5. The van der Waals surface area contributed by atoms with E-state index in [4.69, 9.17) is 16.3 Å². The first-order valence-electron chi connectivity index (χ1n) is 7.84. The van der Waals surface area contributed by atoms with Gasteiger partial charge in [-0.1, -0.05) is 13.8 Å². The van der Waals surface area contributed by atoms with Gasteiger partial charge in [-0.25, -0.2) is 0 Å². The van der Waals surface area contributed by atoms with E-state index in [1.54, 1.807) is 0 Å². The van der Waals surface area contributed by atoms with Crippen LogP contribution in [0.2, 0.25) is 5.28 Å². The molecule has 1 heterocycles. The Morgan fingerprint density at radius 2 is 1.67 bits per heavy atom. The lowest BCUT2D eigenvalue weighted by molar-refractivity contribution is 0.0918. The van der Waals surface area contributed by atoms with Gasteiger partial charge in [-0.05, 0) is 56.5 Å². The molecule has 6 heteroatoms. The van der Waals surface area contributed by atoms with E-state index in [1.165, 1.54) is 6.42 Å². The summed E-state index contributed by atoms with van der Waals surface area (Å²) in [5, 5.41) is 0.193. The van der Waals surface area contributed by atoms with Crippen molar-refractivity contribution in [1.29, 1.82) is 0 Å². The van der Waals surface area contributed by atoms with Gasteiger partial charge in [0.2, 0.25) is 11.2 Å². The molecule has 5 nitrogen and oxygen atoms in total. The molecule has 1 aliphatic carbocycles.